The fraction of sp³-hybridized carbons (Fsp3) is 0.500. The SMILES string of the molecule is CN1C(=O)COc2ccc(C(=O)N3CCCN(S(C)(=O)=O)CC3)cc21. The molecule has 0 saturated carbocycles. The molecule has 0 spiro atoms. The number of nitrogens with zero attached hydrogens (tertiary/aromatic N) is 3. The molecule has 0 radical (unpaired) electrons. The Kier molecular flexibility index (Phi) is 4.70. The minimum atomic E-state index is -3.25. The molecule has 0 aromatic heterocycles. The molecule has 0 N–H and O–H groups in total. The van der Waals surface area contributed by atoms with Crippen LogP contribution in [0.4, 0.5) is 5.69 Å². The van der Waals surface area contributed by atoms with Crippen molar-refractivity contribution in [3.05, 3.63) is 23.8 Å². The summed E-state index contributed by atoms with van der Waals surface area (Å²) in [5, 5.41) is 0. The monoisotopic (exact) mass is 367 g/mol. The quantitative estimate of drug-likeness (QED) is 0.743. The molecule has 1 saturated heterocycles. The standard InChI is InChI=1S/C16H21N3O5S/c1-17-13-10-12(4-5-14(13)24-11-15(17)20)16(21)18-6-3-7-19(9-8-18)25(2,22)23/h4-5,10H,3,6-9,11H2,1-2H3. The van der Waals surface area contributed by atoms with E-state index in [0.717, 1.165) is 0 Å². The van der Waals surface area contributed by atoms with E-state index in [4.69, 9.17) is 4.74 Å². The van der Waals surface area contributed by atoms with Gasteiger partial charge in [0.05, 0.1) is 11.9 Å². The van der Waals surface area contributed by atoms with Crippen LogP contribution >= 0.6 is 0 Å². The molecule has 0 bridgehead atoms. The van der Waals surface area contributed by atoms with Crippen molar-refractivity contribution in [2.75, 3.05) is 51.0 Å². The molecule has 8 nitrogen and oxygen atoms in total. The van der Waals surface area contributed by atoms with Crippen LogP contribution in [-0.4, -0.2) is 75.5 Å². The summed E-state index contributed by atoms with van der Waals surface area (Å²) in [6.45, 7) is 1.53. The summed E-state index contributed by atoms with van der Waals surface area (Å²) < 4.78 is 30.1. The van der Waals surface area contributed by atoms with E-state index < -0.39 is 10.0 Å². The molecule has 0 aliphatic carbocycles. The summed E-state index contributed by atoms with van der Waals surface area (Å²) in [5.41, 5.74) is 1.02. The van der Waals surface area contributed by atoms with Gasteiger partial charge in [0.15, 0.2) is 6.61 Å². The van der Waals surface area contributed by atoms with Crippen molar-refractivity contribution in [1.82, 2.24) is 9.21 Å². The Bertz CT molecular complexity index is 808. The zero-order valence-electron chi connectivity index (χ0n) is 14.3. The first-order chi connectivity index (χ1) is 11.8. The number of ether oxygens (including phenoxy) is 1. The van der Waals surface area contributed by atoms with Crippen LogP contribution in [0.3, 0.4) is 0 Å². The lowest BCUT2D eigenvalue weighted by molar-refractivity contribution is -0.120. The average Bonchev–Trinajstić information content (AvgIpc) is 2.83. The lowest BCUT2D eigenvalue weighted by Crippen LogP contribution is -2.37. The molecule has 25 heavy (non-hydrogen) atoms. The minimum Gasteiger partial charge on any atom is -0.482 e. The van der Waals surface area contributed by atoms with Gasteiger partial charge in [-0.25, -0.2) is 12.7 Å². The van der Waals surface area contributed by atoms with Crippen molar-refractivity contribution < 1.29 is 22.7 Å². The van der Waals surface area contributed by atoms with Crippen LogP contribution in [0, 0.1) is 0 Å². The zero-order valence-corrected chi connectivity index (χ0v) is 15.1. The van der Waals surface area contributed by atoms with Crippen molar-refractivity contribution in [1.29, 1.82) is 0 Å². The summed E-state index contributed by atoms with van der Waals surface area (Å²) in [6.07, 6.45) is 1.77. The Hall–Kier alpha value is -2.13. The molecule has 0 unspecified atom stereocenters. The van der Waals surface area contributed by atoms with E-state index in [1.807, 2.05) is 0 Å². The summed E-state index contributed by atoms with van der Waals surface area (Å²) in [7, 11) is -1.61. The van der Waals surface area contributed by atoms with Crippen molar-refractivity contribution in [3.8, 4) is 5.75 Å². The normalized spacial score (nSPS) is 19.2. The van der Waals surface area contributed by atoms with Gasteiger partial charge in [-0.1, -0.05) is 0 Å². The van der Waals surface area contributed by atoms with Crippen LogP contribution < -0.4 is 9.64 Å². The Morgan fingerprint density at radius 3 is 2.64 bits per heavy atom. The third kappa shape index (κ3) is 3.62. The second-order valence-corrected chi connectivity index (χ2v) is 8.21. The van der Waals surface area contributed by atoms with Crippen molar-refractivity contribution in [3.63, 3.8) is 0 Å². The van der Waals surface area contributed by atoms with Gasteiger partial charge in [-0.15, -0.1) is 0 Å². The lowest BCUT2D eigenvalue weighted by atomic mass is 10.1. The van der Waals surface area contributed by atoms with Crippen LogP contribution in [0.5, 0.6) is 5.75 Å². The zero-order chi connectivity index (χ0) is 18.2. The Balaban J connectivity index is 1.79. The summed E-state index contributed by atoms with van der Waals surface area (Å²) in [5.74, 6) is 0.220. The molecule has 3 rings (SSSR count). The summed E-state index contributed by atoms with van der Waals surface area (Å²) >= 11 is 0. The van der Waals surface area contributed by atoms with Gasteiger partial charge < -0.3 is 14.5 Å². The highest BCUT2D eigenvalue weighted by Crippen LogP contribution is 2.32. The molecule has 2 aliphatic heterocycles. The molecule has 2 aliphatic rings. The first-order valence-corrected chi connectivity index (χ1v) is 9.90. The smallest absolute Gasteiger partial charge is 0.264 e. The molecular weight excluding hydrogens is 346 g/mol. The Labute approximate surface area is 147 Å². The number of carbonyl (C=O) groups is 2. The van der Waals surface area contributed by atoms with Gasteiger partial charge in [0.25, 0.3) is 11.8 Å². The van der Waals surface area contributed by atoms with Crippen molar-refractivity contribution in [2.24, 2.45) is 0 Å². The molecule has 1 fully saturated rings. The highest BCUT2D eigenvalue weighted by Gasteiger charge is 2.27. The minimum absolute atomic E-state index is 0.00968. The maximum Gasteiger partial charge on any atom is 0.264 e. The first-order valence-electron chi connectivity index (χ1n) is 8.05. The largest absolute Gasteiger partial charge is 0.482 e. The fourth-order valence-corrected chi connectivity index (χ4v) is 3.89. The predicted octanol–water partition coefficient (Wildman–Crippen LogP) is 0.149. The number of amides is 2. The molecule has 2 heterocycles. The number of hydrogen-bond acceptors (Lipinski definition) is 5. The van der Waals surface area contributed by atoms with Gasteiger partial charge in [0.1, 0.15) is 5.75 Å². The van der Waals surface area contributed by atoms with E-state index in [1.165, 1.54) is 15.5 Å². The lowest BCUT2D eigenvalue weighted by Gasteiger charge is -2.27. The maximum absolute atomic E-state index is 12.8. The second kappa shape index (κ2) is 6.64. The van der Waals surface area contributed by atoms with Crippen LogP contribution in [0.2, 0.25) is 0 Å². The molecular formula is C16H21N3O5S. The number of benzene rings is 1. The van der Waals surface area contributed by atoms with Gasteiger partial charge in [-0.2, -0.15) is 0 Å². The molecule has 9 heteroatoms. The molecule has 1 aromatic carbocycles. The van der Waals surface area contributed by atoms with E-state index in [0.29, 0.717) is 43.1 Å². The average molecular weight is 367 g/mol. The molecule has 2 amide bonds. The van der Waals surface area contributed by atoms with Crippen LogP contribution in [0.15, 0.2) is 18.2 Å². The number of rotatable bonds is 2. The molecule has 136 valence electrons. The van der Waals surface area contributed by atoms with Crippen LogP contribution in [0.25, 0.3) is 0 Å². The highest BCUT2D eigenvalue weighted by atomic mass is 32.2. The number of carbonyl (C=O) groups excluding carboxylic acids is 2. The topological polar surface area (TPSA) is 87.2 Å². The van der Waals surface area contributed by atoms with Gasteiger partial charge in [0, 0.05) is 38.8 Å². The van der Waals surface area contributed by atoms with Crippen LogP contribution in [-0.2, 0) is 14.8 Å². The van der Waals surface area contributed by atoms with E-state index >= 15 is 0 Å². The predicted molar refractivity (Wildman–Crippen MR) is 92.3 cm³/mol. The Morgan fingerprint density at radius 1 is 1.16 bits per heavy atom. The van der Waals surface area contributed by atoms with E-state index in [-0.39, 0.29) is 25.0 Å². The number of sulfonamides is 1. The number of likely N-dealkylation sites (N-methyl/N-ethyl adjacent to an activating group) is 1. The number of hydrogen-bond donors (Lipinski definition) is 0. The van der Waals surface area contributed by atoms with Gasteiger partial charge in [-0.05, 0) is 24.6 Å². The van der Waals surface area contributed by atoms with Gasteiger partial charge >= 0.3 is 0 Å². The van der Waals surface area contributed by atoms with E-state index in [1.54, 1.807) is 30.1 Å². The first kappa shape index (κ1) is 17.7. The van der Waals surface area contributed by atoms with E-state index in [2.05, 4.69) is 0 Å². The second-order valence-electron chi connectivity index (χ2n) is 6.23. The van der Waals surface area contributed by atoms with Crippen molar-refractivity contribution in [2.45, 2.75) is 6.42 Å². The van der Waals surface area contributed by atoms with E-state index in [9.17, 15) is 18.0 Å². The molecule has 0 atom stereocenters. The Morgan fingerprint density at radius 2 is 1.92 bits per heavy atom. The van der Waals surface area contributed by atoms with Gasteiger partial charge in [0.2, 0.25) is 10.0 Å². The maximum atomic E-state index is 12.8. The third-order valence-electron chi connectivity index (χ3n) is 4.50. The highest BCUT2D eigenvalue weighted by molar-refractivity contribution is 7.88. The summed E-state index contributed by atoms with van der Waals surface area (Å²) in [4.78, 5) is 27.7. The third-order valence-corrected chi connectivity index (χ3v) is 5.81. The van der Waals surface area contributed by atoms with Crippen LogP contribution in [0.1, 0.15) is 16.8 Å². The fourth-order valence-electron chi connectivity index (χ4n) is 3.02. The van der Waals surface area contributed by atoms with Gasteiger partial charge in [-0.3, -0.25) is 9.59 Å². The number of fused-ring (bicyclic) bond motifs is 1. The number of anilines is 1. The molecule has 1 aromatic rings. The summed E-state index contributed by atoms with van der Waals surface area (Å²) in [6, 6.07) is 5.00. The van der Waals surface area contributed by atoms with Crippen molar-refractivity contribution >= 4 is 27.5 Å².